The molecular formula is C13H23N3O3S. The Morgan fingerprint density at radius 2 is 2.00 bits per heavy atom. The third kappa shape index (κ3) is 3.06. The van der Waals surface area contributed by atoms with Gasteiger partial charge in [0.2, 0.25) is 0 Å². The minimum absolute atomic E-state index is 0.169. The summed E-state index contributed by atoms with van der Waals surface area (Å²) in [6.07, 6.45) is 3.11. The van der Waals surface area contributed by atoms with Gasteiger partial charge < -0.3 is 10.2 Å². The average molecular weight is 301 g/mol. The summed E-state index contributed by atoms with van der Waals surface area (Å²) in [5.74, 6) is 0.845. The standard InChI is InChI=1S/C13H23N3O3S/c1-9-5-4-6-10(2)16(9)15-20(17,18)13-7-12(8-14)19-11(13)3/h7,9-10,15H,4-6,8,14H2,1-3H3. The van der Waals surface area contributed by atoms with Crippen LogP contribution in [0.15, 0.2) is 15.4 Å². The van der Waals surface area contributed by atoms with Gasteiger partial charge in [0.1, 0.15) is 16.4 Å². The molecule has 7 heteroatoms. The summed E-state index contributed by atoms with van der Waals surface area (Å²) < 4.78 is 30.3. The Morgan fingerprint density at radius 1 is 1.40 bits per heavy atom. The van der Waals surface area contributed by atoms with Gasteiger partial charge in [0.05, 0.1) is 6.54 Å². The van der Waals surface area contributed by atoms with Crippen LogP contribution in [0.3, 0.4) is 0 Å². The van der Waals surface area contributed by atoms with Crippen molar-refractivity contribution < 1.29 is 12.8 Å². The van der Waals surface area contributed by atoms with Gasteiger partial charge in [-0.15, -0.1) is 4.83 Å². The zero-order valence-corrected chi connectivity index (χ0v) is 13.0. The van der Waals surface area contributed by atoms with Gasteiger partial charge in [-0.05, 0) is 33.6 Å². The van der Waals surface area contributed by atoms with Crippen molar-refractivity contribution in [3.63, 3.8) is 0 Å². The molecule has 0 aliphatic carbocycles. The highest BCUT2D eigenvalue weighted by Gasteiger charge is 2.30. The molecule has 2 atom stereocenters. The molecule has 1 aromatic heterocycles. The number of nitrogens with one attached hydrogen (secondary N) is 1. The van der Waals surface area contributed by atoms with Crippen LogP contribution in [0.2, 0.25) is 0 Å². The van der Waals surface area contributed by atoms with Gasteiger partial charge in [0.15, 0.2) is 0 Å². The number of rotatable bonds is 4. The highest BCUT2D eigenvalue weighted by Crippen LogP contribution is 2.24. The second kappa shape index (κ2) is 5.85. The molecule has 3 N–H and O–H groups in total. The number of hydrogen-bond donors (Lipinski definition) is 2. The Morgan fingerprint density at radius 3 is 2.50 bits per heavy atom. The van der Waals surface area contributed by atoms with E-state index in [4.69, 9.17) is 10.2 Å². The smallest absolute Gasteiger partial charge is 0.256 e. The molecule has 0 bridgehead atoms. The maximum Gasteiger partial charge on any atom is 0.256 e. The lowest BCUT2D eigenvalue weighted by molar-refractivity contribution is 0.0790. The predicted molar refractivity (Wildman–Crippen MR) is 76.3 cm³/mol. The Bertz CT molecular complexity index is 557. The van der Waals surface area contributed by atoms with Crippen LogP contribution in [-0.2, 0) is 16.6 Å². The molecule has 2 unspecified atom stereocenters. The molecule has 0 spiro atoms. The first-order chi connectivity index (χ1) is 9.35. The first-order valence-electron chi connectivity index (χ1n) is 6.95. The molecule has 2 rings (SSSR count). The predicted octanol–water partition coefficient (Wildman–Crippen LogP) is 1.50. The van der Waals surface area contributed by atoms with E-state index in [1.807, 2.05) is 18.9 Å². The lowest BCUT2D eigenvalue weighted by Gasteiger charge is -2.38. The van der Waals surface area contributed by atoms with Gasteiger partial charge >= 0.3 is 0 Å². The molecule has 1 aromatic rings. The topological polar surface area (TPSA) is 88.6 Å². The van der Waals surface area contributed by atoms with Crippen molar-refractivity contribution in [1.29, 1.82) is 0 Å². The maximum atomic E-state index is 12.5. The normalized spacial score (nSPS) is 25.0. The van der Waals surface area contributed by atoms with Gasteiger partial charge in [-0.1, -0.05) is 6.42 Å². The van der Waals surface area contributed by atoms with Crippen LogP contribution in [0, 0.1) is 6.92 Å². The molecule has 2 heterocycles. The first kappa shape index (κ1) is 15.5. The fraction of sp³-hybridized carbons (Fsp3) is 0.692. The van der Waals surface area contributed by atoms with Gasteiger partial charge in [-0.25, -0.2) is 13.4 Å². The molecular weight excluding hydrogens is 278 g/mol. The van der Waals surface area contributed by atoms with Crippen molar-refractivity contribution in [3.05, 3.63) is 17.6 Å². The zero-order valence-electron chi connectivity index (χ0n) is 12.2. The lowest BCUT2D eigenvalue weighted by atomic mass is 10.0. The Kier molecular flexibility index (Phi) is 4.53. The third-order valence-electron chi connectivity index (χ3n) is 3.83. The van der Waals surface area contributed by atoms with Crippen LogP contribution in [0.5, 0.6) is 0 Å². The molecule has 0 aromatic carbocycles. The van der Waals surface area contributed by atoms with Crippen molar-refractivity contribution in [2.75, 3.05) is 0 Å². The van der Waals surface area contributed by atoms with E-state index in [0.717, 1.165) is 19.3 Å². The Labute approximate surface area is 120 Å². The van der Waals surface area contributed by atoms with Crippen LogP contribution in [0.1, 0.15) is 44.6 Å². The van der Waals surface area contributed by atoms with Crippen LogP contribution in [0.4, 0.5) is 0 Å². The molecule has 20 heavy (non-hydrogen) atoms. The van der Waals surface area contributed by atoms with Crippen molar-refractivity contribution in [3.8, 4) is 0 Å². The quantitative estimate of drug-likeness (QED) is 0.880. The number of nitrogens with two attached hydrogens (primary N) is 1. The maximum absolute atomic E-state index is 12.5. The summed E-state index contributed by atoms with van der Waals surface area (Å²) in [7, 11) is -3.62. The molecule has 0 saturated carbocycles. The van der Waals surface area contributed by atoms with Gasteiger partial charge in [0, 0.05) is 18.2 Å². The summed E-state index contributed by atoms with van der Waals surface area (Å²) in [5, 5.41) is 1.83. The molecule has 1 fully saturated rings. The number of hydrazine groups is 1. The van der Waals surface area contributed by atoms with E-state index in [2.05, 4.69) is 4.83 Å². The van der Waals surface area contributed by atoms with Crippen LogP contribution in [0.25, 0.3) is 0 Å². The highest BCUT2D eigenvalue weighted by atomic mass is 32.2. The summed E-state index contributed by atoms with van der Waals surface area (Å²) in [6, 6.07) is 1.88. The Hall–Kier alpha value is -0.890. The van der Waals surface area contributed by atoms with E-state index in [1.54, 1.807) is 6.92 Å². The molecule has 114 valence electrons. The summed E-state index contributed by atoms with van der Waals surface area (Å²) in [4.78, 5) is 2.86. The fourth-order valence-corrected chi connectivity index (χ4v) is 4.12. The highest BCUT2D eigenvalue weighted by molar-refractivity contribution is 7.89. The van der Waals surface area contributed by atoms with Crippen molar-refractivity contribution >= 4 is 10.0 Å². The summed E-state index contributed by atoms with van der Waals surface area (Å²) in [6.45, 7) is 5.89. The van der Waals surface area contributed by atoms with Crippen LogP contribution < -0.4 is 10.6 Å². The number of hydrogen-bond acceptors (Lipinski definition) is 5. The minimum Gasteiger partial charge on any atom is -0.464 e. The molecule has 1 aliphatic rings. The van der Waals surface area contributed by atoms with Gasteiger partial charge in [-0.3, -0.25) is 0 Å². The second-order valence-electron chi connectivity index (χ2n) is 5.47. The van der Waals surface area contributed by atoms with Crippen molar-refractivity contribution in [2.24, 2.45) is 5.73 Å². The number of sulfonamides is 1. The van der Waals surface area contributed by atoms with E-state index in [1.165, 1.54) is 6.07 Å². The van der Waals surface area contributed by atoms with Crippen LogP contribution >= 0.6 is 0 Å². The van der Waals surface area contributed by atoms with Gasteiger partial charge in [0.25, 0.3) is 10.0 Å². The van der Waals surface area contributed by atoms with E-state index in [-0.39, 0.29) is 23.5 Å². The fourth-order valence-electron chi connectivity index (χ4n) is 2.68. The number of nitrogens with zero attached hydrogens (tertiary/aromatic N) is 1. The van der Waals surface area contributed by atoms with E-state index in [9.17, 15) is 8.42 Å². The molecule has 6 nitrogen and oxygen atoms in total. The number of furan rings is 1. The number of aryl methyl sites for hydroxylation is 1. The average Bonchev–Trinajstić information content (AvgIpc) is 2.76. The van der Waals surface area contributed by atoms with Crippen LogP contribution in [-0.4, -0.2) is 25.5 Å². The zero-order chi connectivity index (χ0) is 14.9. The second-order valence-corrected chi connectivity index (χ2v) is 7.10. The third-order valence-corrected chi connectivity index (χ3v) is 5.27. The molecule has 1 saturated heterocycles. The number of piperidine rings is 1. The van der Waals surface area contributed by atoms with Crippen molar-refractivity contribution in [1.82, 2.24) is 9.84 Å². The summed E-state index contributed by atoms with van der Waals surface area (Å²) in [5.41, 5.74) is 5.48. The van der Waals surface area contributed by atoms with Gasteiger partial charge in [-0.2, -0.15) is 0 Å². The molecule has 0 radical (unpaired) electrons. The minimum atomic E-state index is -3.62. The molecule has 1 aliphatic heterocycles. The Balaban J connectivity index is 2.24. The SMILES string of the molecule is Cc1oc(CN)cc1S(=O)(=O)NN1C(C)CCCC1C. The van der Waals surface area contributed by atoms with E-state index < -0.39 is 10.0 Å². The van der Waals surface area contributed by atoms with Crippen molar-refractivity contribution in [2.45, 2.75) is 63.6 Å². The van der Waals surface area contributed by atoms with E-state index >= 15 is 0 Å². The van der Waals surface area contributed by atoms with E-state index in [0.29, 0.717) is 11.5 Å². The first-order valence-corrected chi connectivity index (χ1v) is 8.43. The largest absolute Gasteiger partial charge is 0.464 e. The summed E-state index contributed by atoms with van der Waals surface area (Å²) >= 11 is 0. The lowest BCUT2D eigenvalue weighted by Crippen LogP contribution is -2.53. The molecule has 0 amide bonds. The monoisotopic (exact) mass is 301 g/mol.